The van der Waals surface area contributed by atoms with Crippen molar-refractivity contribution in [3.8, 4) is 11.5 Å². The lowest BCUT2D eigenvalue weighted by Gasteiger charge is -2.18. The Labute approximate surface area is 178 Å². The molecule has 0 radical (unpaired) electrons. The fraction of sp³-hybridized carbons (Fsp3) is 0.174. The van der Waals surface area contributed by atoms with E-state index in [1.807, 2.05) is 42.5 Å². The van der Waals surface area contributed by atoms with Crippen LogP contribution in [0.5, 0.6) is 11.5 Å². The van der Waals surface area contributed by atoms with Gasteiger partial charge < -0.3 is 9.47 Å². The van der Waals surface area contributed by atoms with Gasteiger partial charge in [-0.15, -0.1) is 11.3 Å². The van der Waals surface area contributed by atoms with Gasteiger partial charge in [-0.25, -0.2) is 4.98 Å². The zero-order chi connectivity index (χ0) is 20.9. The topological polar surface area (TPSA) is 77.5 Å². The van der Waals surface area contributed by atoms with Crippen LogP contribution in [-0.4, -0.2) is 30.4 Å². The Hall–Kier alpha value is -3.45. The Kier molecular flexibility index (Phi) is 5.90. The number of nitrogens with one attached hydrogen (secondary N) is 1. The third-order valence-electron chi connectivity index (χ3n) is 4.76. The van der Waals surface area contributed by atoms with E-state index in [-0.39, 0.29) is 18.3 Å². The molecule has 4 rings (SSSR count). The maximum Gasteiger partial charge on any atom is 0.264 e. The van der Waals surface area contributed by atoms with Crippen LogP contribution in [0.25, 0.3) is 6.08 Å². The summed E-state index contributed by atoms with van der Waals surface area (Å²) in [5, 5.41) is 5.00. The number of aromatic nitrogens is 1. The summed E-state index contributed by atoms with van der Waals surface area (Å²) in [7, 11) is 1.62. The predicted octanol–water partition coefficient (Wildman–Crippen LogP) is 4.38. The van der Waals surface area contributed by atoms with Gasteiger partial charge in [-0.1, -0.05) is 12.1 Å². The van der Waals surface area contributed by atoms with Crippen LogP contribution in [0.15, 0.2) is 59.6 Å². The van der Waals surface area contributed by atoms with Crippen LogP contribution in [-0.2, 0) is 11.2 Å². The Bertz CT molecular complexity index is 1110. The average molecular weight is 420 g/mol. The number of allylic oxidation sites excluding steroid dienone is 1. The van der Waals surface area contributed by atoms with Crippen molar-refractivity contribution in [3.05, 3.63) is 76.3 Å². The van der Waals surface area contributed by atoms with E-state index in [4.69, 9.17) is 9.47 Å². The van der Waals surface area contributed by atoms with Gasteiger partial charge in [0, 0.05) is 22.7 Å². The molecular formula is C23H20N2O4S. The first-order chi connectivity index (χ1) is 14.6. The van der Waals surface area contributed by atoms with E-state index >= 15 is 0 Å². The molecule has 2 aromatic carbocycles. The van der Waals surface area contributed by atoms with Crippen LogP contribution in [0.4, 0.5) is 5.13 Å². The molecule has 30 heavy (non-hydrogen) atoms. The summed E-state index contributed by atoms with van der Waals surface area (Å²) in [6, 6.07) is 12.9. The van der Waals surface area contributed by atoms with Gasteiger partial charge in [-0.3, -0.25) is 14.9 Å². The highest BCUT2D eigenvalue weighted by molar-refractivity contribution is 7.13. The van der Waals surface area contributed by atoms with E-state index in [9.17, 15) is 9.59 Å². The normalized spacial score (nSPS) is 14.3. The first kappa shape index (κ1) is 19.8. The standard InChI is InChI=1S/C23H20N2O4S/c1-28-18-7-8-20-16(13-18)5-6-17(22(20)27)11-15-3-2-4-19(12-15)29-14-21(26)25-23-24-9-10-30-23/h2-4,7-13H,5-6,14H2,1H3,(H,24,25,26)/b17-11+. The van der Waals surface area contributed by atoms with Crippen molar-refractivity contribution in [1.82, 2.24) is 4.98 Å². The van der Waals surface area contributed by atoms with Crippen LogP contribution in [0.1, 0.15) is 27.9 Å². The van der Waals surface area contributed by atoms with Crippen molar-refractivity contribution in [2.24, 2.45) is 0 Å². The number of hydrogen-bond acceptors (Lipinski definition) is 6. The summed E-state index contributed by atoms with van der Waals surface area (Å²) >= 11 is 1.35. The lowest BCUT2D eigenvalue weighted by atomic mass is 9.86. The number of nitrogens with zero attached hydrogens (tertiary/aromatic N) is 1. The number of aryl methyl sites for hydroxylation is 1. The smallest absolute Gasteiger partial charge is 0.264 e. The summed E-state index contributed by atoms with van der Waals surface area (Å²) in [5.74, 6) is 1.08. The predicted molar refractivity (Wildman–Crippen MR) is 116 cm³/mol. The van der Waals surface area contributed by atoms with E-state index in [1.165, 1.54) is 11.3 Å². The summed E-state index contributed by atoms with van der Waals surface area (Å²) in [6.45, 7) is -0.117. The maximum atomic E-state index is 12.9. The molecule has 0 unspecified atom stereocenters. The number of carbonyl (C=O) groups excluding carboxylic acids is 2. The highest BCUT2D eigenvalue weighted by Gasteiger charge is 2.22. The SMILES string of the molecule is COc1ccc2c(c1)CC/C(=C\c1cccc(OCC(=O)Nc3nccs3)c1)C2=O. The Morgan fingerprint density at radius 2 is 2.10 bits per heavy atom. The number of methoxy groups -OCH3 is 1. The van der Waals surface area contributed by atoms with Gasteiger partial charge in [-0.05, 0) is 60.4 Å². The van der Waals surface area contributed by atoms with Crippen LogP contribution >= 0.6 is 11.3 Å². The van der Waals surface area contributed by atoms with Crippen molar-refractivity contribution < 1.29 is 19.1 Å². The number of benzene rings is 2. The molecule has 1 amide bonds. The highest BCUT2D eigenvalue weighted by Crippen LogP contribution is 2.29. The zero-order valence-electron chi connectivity index (χ0n) is 16.4. The molecule has 0 atom stereocenters. The second kappa shape index (κ2) is 8.92. The van der Waals surface area contributed by atoms with Gasteiger partial charge in [0.2, 0.25) is 0 Å². The quantitative estimate of drug-likeness (QED) is 0.599. The van der Waals surface area contributed by atoms with E-state index in [2.05, 4.69) is 10.3 Å². The third kappa shape index (κ3) is 4.58. The lowest BCUT2D eigenvalue weighted by Crippen LogP contribution is -2.20. The van der Waals surface area contributed by atoms with Crippen LogP contribution in [0, 0.1) is 0 Å². The van der Waals surface area contributed by atoms with Crippen molar-refractivity contribution in [2.75, 3.05) is 19.0 Å². The largest absolute Gasteiger partial charge is 0.497 e. The monoisotopic (exact) mass is 420 g/mol. The Balaban J connectivity index is 1.44. The first-order valence-corrected chi connectivity index (χ1v) is 10.3. The van der Waals surface area contributed by atoms with Gasteiger partial charge in [0.25, 0.3) is 5.91 Å². The van der Waals surface area contributed by atoms with E-state index in [0.29, 0.717) is 17.3 Å². The number of rotatable bonds is 6. The summed E-state index contributed by atoms with van der Waals surface area (Å²) in [4.78, 5) is 28.8. The number of amides is 1. The minimum Gasteiger partial charge on any atom is -0.497 e. The number of ether oxygens (including phenoxy) is 2. The summed E-state index contributed by atoms with van der Waals surface area (Å²) < 4.78 is 10.8. The number of Topliss-reactive ketones (excluding diaryl/α,β-unsaturated/α-hetero) is 1. The number of hydrogen-bond donors (Lipinski definition) is 1. The fourth-order valence-electron chi connectivity index (χ4n) is 3.30. The van der Waals surface area contributed by atoms with Crippen molar-refractivity contribution in [1.29, 1.82) is 0 Å². The van der Waals surface area contributed by atoms with Crippen molar-refractivity contribution in [3.63, 3.8) is 0 Å². The molecule has 1 aromatic heterocycles. The number of ketones is 1. The molecule has 0 aliphatic heterocycles. The van der Waals surface area contributed by atoms with Gasteiger partial charge in [0.05, 0.1) is 7.11 Å². The van der Waals surface area contributed by atoms with Crippen molar-refractivity contribution >= 4 is 34.2 Å². The Morgan fingerprint density at radius 1 is 1.20 bits per heavy atom. The molecule has 0 spiro atoms. The van der Waals surface area contributed by atoms with Gasteiger partial charge in [-0.2, -0.15) is 0 Å². The molecular weight excluding hydrogens is 400 g/mol. The van der Waals surface area contributed by atoms with Gasteiger partial charge in [0.1, 0.15) is 11.5 Å². The molecule has 1 aliphatic carbocycles. The third-order valence-corrected chi connectivity index (χ3v) is 5.45. The molecule has 3 aromatic rings. The van der Waals surface area contributed by atoms with Crippen LogP contribution in [0.2, 0.25) is 0 Å². The van der Waals surface area contributed by atoms with Crippen LogP contribution in [0.3, 0.4) is 0 Å². The van der Waals surface area contributed by atoms with Crippen LogP contribution < -0.4 is 14.8 Å². The summed E-state index contributed by atoms with van der Waals surface area (Å²) in [5.41, 5.74) is 3.35. The lowest BCUT2D eigenvalue weighted by molar-refractivity contribution is -0.118. The van der Waals surface area contributed by atoms with E-state index in [1.54, 1.807) is 24.8 Å². The molecule has 0 bridgehead atoms. The second-order valence-corrected chi connectivity index (χ2v) is 7.66. The molecule has 152 valence electrons. The molecule has 7 heteroatoms. The number of carbonyl (C=O) groups is 2. The van der Waals surface area contributed by atoms with Crippen molar-refractivity contribution in [2.45, 2.75) is 12.8 Å². The van der Waals surface area contributed by atoms with E-state index in [0.717, 1.165) is 34.4 Å². The molecule has 0 saturated carbocycles. The highest BCUT2D eigenvalue weighted by atomic mass is 32.1. The summed E-state index contributed by atoms with van der Waals surface area (Å²) in [6.07, 6.45) is 4.97. The Morgan fingerprint density at radius 3 is 2.90 bits per heavy atom. The first-order valence-electron chi connectivity index (χ1n) is 9.47. The average Bonchev–Trinajstić information content (AvgIpc) is 3.27. The van der Waals surface area contributed by atoms with E-state index < -0.39 is 0 Å². The fourth-order valence-corrected chi connectivity index (χ4v) is 3.85. The van der Waals surface area contributed by atoms with Gasteiger partial charge in [0.15, 0.2) is 17.5 Å². The number of anilines is 1. The number of fused-ring (bicyclic) bond motifs is 1. The molecule has 0 saturated heterocycles. The maximum absolute atomic E-state index is 12.9. The zero-order valence-corrected chi connectivity index (χ0v) is 17.2. The molecule has 1 heterocycles. The molecule has 6 nitrogen and oxygen atoms in total. The molecule has 1 aliphatic rings. The number of thiazole rings is 1. The van der Waals surface area contributed by atoms with Gasteiger partial charge >= 0.3 is 0 Å². The second-order valence-electron chi connectivity index (χ2n) is 6.77. The minimum atomic E-state index is -0.275. The minimum absolute atomic E-state index is 0.0352. The molecule has 1 N–H and O–H groups in total. The molecule has 0 fully saturated rings.